The lowest BCUT2D eigenvalue weighted by Gasteiger charge is -2.48. The van der Waals surface area contributed by atoms with E-state index in [0.717, 1.165) is 28.8 Å². The van der Waals surface area contributed by atoms with Crippen LogP contribution in [0.4, 0.5) is 0 Å². The highest BCUT2D eigenvalue weighted by atomic mass is 16.6. The van der Waals surface area contributed by atoms with Crippen LogP contribution in [0.25, 0.3) is 0 Å². The lowest BCUT2D eigenvalue weighted by Crippen LogP contribution is -2.64. The molecule has 1 aliphatic heterocycles. The second-order valence-electron chi connectivity index (χ2n) is 11.8. The summed E-state index contributed by atoms with van der Waals surface area (Å²) in [5.74, 6) is 0. The van der Waals surface area contributed by atoms with Gasteiger partial charge in [-0.1, -0.05) is 152 Å². The smallest absolute Gasteiger partial charge is 0.113 e. The van der Waals surface area contributed by atoms with Crippen LogP contribution in [0, 0.1) is 0 Å². The van der Waals surface area contributed by atoms with Crippen molar-refractivity contribution >= 4 is 0 Å². The van der Waals surface area contributed by atoms with Crippen molar-refractivity contribution < 1.29 is 18.9 Å². The highest BCUT2D eigenvalue weighted by molar-refractivity contribution is 5.18. The Morgan fingerprint density at radius 2 is 0.826 bits per heavy atom. The van der Waals surface area contributed by atoms with Crippen molar-refractivity contribution in [1.82, 2.24) is 4.90 Å². The highest BCUT2D eigenvalue weighted by Gasteiger charge is 2.46. The molecule has 0 radical (unpaired) electrons. The molecule has 0 amide bonds. The van der Waals surface area contributed by atoms with Crippen molar-refractivity contribution in [2.24, 2.45) is 0 Å². The van der Waals surface area contributed by atoms with Crippen LogP contribution in [0.15, 0.2) is 152 Å². The van der Waals surface area contributed by atoms with Crippen LogP contribution in [-0.4, -0.2) is 42.4 Å². The molecule has 0 N–H and O–H groups in total. The first-order valence-electron chi connectivity index (χ1n) is 16.2. The first-order chi connectivity index (χ1) is 22.8. The summed E-state index contributed by atoms with van der Waals surface area (Å²) in [5.41, 5.74) is 5.76. The summed E-state index contributed by atoms with van der Waals surface area (Å²) in [4.78, 5) is 2.47. The van der Waals surface area contributed by atoms with Crippen molar-refractivity contribution in [2.75, 3.05) is 13.2 Å². The van der Waals surface area contributed by atoms with Gasteiger partial charge in [-0.3, -0.25) is 4.90 Å². The molecule has 1 aliphatic rings. The molecule has 0 bridgehead atoms. The number of likely N-dealkylation sites (tertiary alicyclic amines) is 1. The van der Waals surface area contributed by atoms with Crippen LogP contribution in [0.1, 0.15) is 27.8 Å². The van der Waals surface area contributed by atoms with Gasteiger partial charge in [0, 0.05) is 13.1 Å². The molecule has 1 saturated heterocycles. The van der Waals surface area contributed by atoms with Gasteiger partial charge >= 0.3 is 0 Å². The van der Waals surface area contributed by atoms with Gasteiger partial charge < -0.3 is 18.9 Å². The molecule has 46 heavy (non-hydrogen) atoms. The van der Waals surface area contributed by atoms with E-state index in [2.05, 4.69) is 120 Å². The van der Waals surface area contributed by atoms with Gasteiger partial charge in [0.25, 0.3) is 0 Å². The van der Waals surface area contributed by atoms with Crippen LogP contribution in [0.2, 0.25) is 0 Å². The summed E-state index contributed by atoms with van der Waals surface area (Å²) in [6.07, 6.45) is -0.846. The molecule has 1 heterocycles. The first kappa shape index (κ1) is 31.9. The Morgan fingerprint density at radius 3 is 1.30 bits per heavy atom. The Labute approximate surface area is 273 Å². The minimum atomic E-state index is -0.315. The molecular weight excluding hydrogens is 570 g/mol. The minimum Gasteiger partial charge on any atom is -0.375 e. The number of hydrogen-bond acceptors (Lipinski definition) is 5. The van der Waals surface area contributed by atoms with Gasteiger partial charge in [0.2, 0.25) is 0 Å². The van der Waals surface area contributed by atoms with Crippen molar-refractivity contribution in [2.45, 2.75) is 57.3 Å². The number of nitrogens with zero attached hydrogens (tertiary/aromatic N) is 1. The third kappa shape index (κ3) is 9.23. The van der Waals surface area contributed by atoms with Crippen molar-refractivity contribution in [1.29, 1.82) is 0 Å². The van der Waals surface area contributed by atoms with E-state index in [1.165, 1.54) is 5.56 Å². The quantitative estimate of drug-likeness (QED) is 0.120. The number of piperidine rings is 1. The first-order valence-corrected chi connectivity index (χ1v) is 16.2. The fourth-order valence-electron chi connectivity index (χ4n) is 6.05. The Balaban J connectivity index is 1.31. The van der Waals surface area contributed by atoms with Gasteiger partial charge in [-0.25, -0.2) is 0 Å². The molecule has 0 saturated carbocycles. The van der Waals surface area contributed by atoms with Crippen molar-refractivity contribution in [3.8, 4) is 0 Å². The van der Waals surface area contributed by atoms with Crippen LogP contribution in [0.5, 0.6) is 0 Å². The zero-order chi connectivity index (χ0) is 31.2. The van der Waals surface area contributed by atoms with Gasteiger partial charge in [0.05, 0.1) is 45.2 Å². The zero-order valence-electron chi connectivity index (χ0n) is 26.3. The van der Waals surface area contributed by atoms with E-state index in [9.17, 15) is 0 Å². The van der Waals surface area contributed by atoms with E-state index in [1.54, 1.807) is 0 Å². The normalized spacial score (nSPS) is 20.0. The fourth-order valence-corrected chi connectivity index (χ4v) is 6.05. The van der Waals surface area contributed by atoms with E-state index in [-0.39, 0.29) is 24.4 Å². The van der Waals surface area contributed by atoms with Gasteiger partial charge in [-0.15, -0.1) is 0 Å². The predicted octanol–water partition coefficient (Wildman–Crippen LogP) is 7.84. The highest BCUT2D eigenvalue weighted by Crippen LogP contribution is 2.30. The molecule has 0 aliphatic carbocycles. The Morgan fingerprint density at radius 1 is 0.435 bits per heavy atom. The maximum absolute atomic E-state index is 6.91. The summed E-state index contributed by atoms with van der Waals surface area (Å²) in [6, 6.07) is 51.9. The summed E-state index contributed by atoms with van der Waals surface area (Å²) in [7, 11) is 0. The van der Waals surface area contributed by atoms with Gasteiger partial charge in [-0.2, -0.15) is 0 Å². The second kappa shape index (κ2) is 17.0. The van der Waals surface area contributed by atoms with Crippen LogP contribution in [0.3, 0.4) is 0 Å². The topological polar surface area (TPSA) is 40.2 Å². The number of ether oxygens (including phenoxy) is 4. The van der Waals surface area contributed by atoms with Crippen LogP contribution in [-0.2, 0) is 51.9 Å². The third-order valence-corrected chi connectivity index (χ3v) is 8.46. The number of benzene rings is 5. The van der Waals surface area contributed by atoms with Gasteiger partial charge in [0.1, 0.15) is 12.2 Å². The number of rotatable bonds is 15. The van der Waals surface area contributed by atoms with E-state index >= 15 is 0 Å². The number of hydrogen-bond donors (Lipinski definition) is 0. The lowest BCUT2D eigenvalue weighted by atomic mass is 9.92. The molecule has 5 aromatic carbocycles. The summed E-state index contributed by atoms with van der Waals surface area (Å²) in [5, 5.41) is 0. The molecule has 1 fully saturated rings. The molecule has 0 spiro atoms. The predicted molar refractivity (Wildman–Crippen MR) is 182 cm³/mol. The average Bonchev–Trinajstić information content (AvgIpc) is 3.12. The van der Waals surface area contributed by atoms with E-state index in [1.807, 2.05) is 36.4 Å². The molecule has 236 valence electrons. The lowest BCUT2D eigenvalue weighted by molar-refractivity contribution is -0.212. The molecule has 0 aromatic heterocycles. The Bertz CT molecular complexity index is 1530. The molecular formula is C41H43NO4. The van der Waals surface area contributed by atoms with Gasteiger partial charge in [0.15, 0.2) is 0 Å². The third-order valence-electron chi connectivity index (χ3n) is 8.46. The summed E-state index contributed by atoms with van der Waals surface area (Å²) in [6.45, 7) is 3.90. The van der Waals surface area contributed by atoms with Crippen molar-refractivity contribution in [3.05, 3.63) is 179 Å². The average molecular weight is 614 g/mol. The van der Waals surface area contributed by atoms with E-state index in [0.29, 0.717) is 39.6 Å². The van der Waals surface area contributed by atoms with Crippen LogP contribution < -0.4 is 0 Å². The van der Waals surface area contributed by atoms with Crippen LogP contribution >= 0.6 is 0 Å². The maximum Gasteiger partial charge on any atom is 0.113 e. The Kier molecular flexibility index (Phi) is 11.8. The molecule has 5 nitrogen and oxygen atoms in total. The SMILES string of the molecule is c1ccc(COCC2[C@@H](OCc3ccccc3)C(OCc3ccccc3)C(OCc3ccccc3)CN2Cc2ccccc2)cc1. The zero-order valence-corrected chi connectivity index (χ0v) is 26.3. The van der Waals surface area contributed by atoms with Gasteiger partial charge in [-0.05, 0) is 27.8 Å². The standard InChI is InChI=1S/C41H43NO4/c1-6-16-33(17-7-1)26-42-27-39(44-29-35-20-10-3-11-21-35)41(46-31-37-24-14-5-15-25-37)40(45-30-36-22-12-4-13-23-36)38(42)32-43-28-34-18-8-2-9-19-34/h1-25,38-41H,26-32H2/t38?,39?,40-,41?/m1/s1. The monoisotopic (exact) mass is 613 g/mol. The summed E-state index contributed by atoms with van der Waals surface area (Å²) >= 11 is 0. The molecule has 6 rings (SSSR count). The molecule has 4 atom stereocenters. The van der Waals surface area contributed by atoms with E-state index < -0.39 is 0 Å². The second-order valence-corrected chi connectivity index (χ2v) is 11.8. The summed E-state index contributed by atoms with van der Waals surface area (Å²) < 4.78 is 27.0. The molecule has 5 heteroatoms. The fraction of sp³-hybridized carbons (Fsp3) is 0.268. The van der Waals surface area contributed by atoms with E-state index in [4.69, 9.17) is 18.9 Å². The largest absolute Gasteiger partial charge is 0.375 e. The van der Waals surface area contributed by atoms with Crippen molar-refractivity contribution in [3.63, 3.8) is 0 Å². The molecule has 3 unspecified atom stereocenters. The minimum absolute atomic E-state index is 0.0648. The Hall–Kier alpha value is -4.10. The maximum atomic E-state index is 6.91. The molecule has 5 aromatic rings.